The van der Waals surface area contributed by atoms with Crippen LogP contribution in [0.1, 0.15) is 11.6 Å². The number of rotatable bonds is 6. The van der Waals surface area contributed by atoms with E-state index >= 15 is 0 Å². The van der Waals surface area contributed by atoms with Crippen LogP contribution in [0, 0.1) is 5.82 Å². The van der Waals surface area contributed by atoms with E-state index in [2.05, 4.69) is 10.6 Å². The lowest BCUT2D eigenvalue weighted by Crippen LogP contribution is -2.42. The molecule has 6 heteroatoms. The molecular formula is C23H21FN2O3. The molecule has 0 saturated heterocycles. The van der Waals surface area contributed by atoms with Gasteiger partial charge in [-0.15, -0.1) is 0 Å². The molecule has 0 unspecified atom stereocenters. The van der Waals surface area contributed by atoms with E-state index in [0.717, 1.165) is 11.3 Å². The van der Waals surface area contributed by atoms with Gasteiger partial charge in [0.25, 0.3) is 0 Å². The van der Waals surface area contributed by atoms with Gasteiger partial charge in [0.1, 0.15) is 24.6 Å². The molecule has 2 atom stereocenters. The summed E-state index contributed by atoms with van der Waals surface area (Å²) in [6.45, 7) is 0.815. The summed E-state index contributed by atoms with van der Waals surface area (Å²) in [5.74, 6) is 0.824. The third-order valence-corrected chi connectivity index (χ3v) is 4.62. The molecule has 1 amide bonds. The first-order valence-corrected chi connectivity index (χ1v) is 9.42. The maximum Gasteiger partial charge on any atom is 0.246 e. The Bertz CT molecular complexity index is 963. The third-order valence-electron chi connectivity index (χ3n) is 4.62. The zero-order valence-corrected chi connectivity index (χ0v) is 15.7. The monoisotopic (exact) mass is 392 g/mol. The van der Waals surface area contributed by atoms with E-state index in [1.54, 1.807) is 0 Å². The Morgan fingerprint density at radius 3 is 2.41 bits per heavy atom. The summed E-state index contributed by atoms with van der Waals surface area (Å²) >= 11 is 0. The smallest absolute Gasteiger partial charge is 0.246 e. The number of anilines is 1. The lowest BCUT2D eigenvalue weighted by Gasteiger charge is -2.28. The highest BCUT2D eigenvalue weighted by Gasteiger charge is 2.25. The fourth-order valence-electron chi connectivity index (χ4n) is 3.17. The molecule has 0 bridgehead atoms. The van der Waals surface area contributed by atoms with Gasteiger partial charge in [0.2, 0.25) is 5.91 Å². The molecule has 1 aliphatic rings. The number of carbonyl (C=O) groups excluding carboxylic acids is 1. The van der Waals surface area contributed by atoms with Crippen LogP contribution in [0.5, 0.6) is 11.5 Å². The first kappa shape index (κ1) is 19.0. The van der Waals surface area contributed by atoms with Crippen LogP contribution < -0.4 is 20.1 Å². The Morgan fingerprint density at radius 1 is 0.966 bits per heavy atom. The van der Waals surface area contributed by atoms with Gasteiger partial charge < -0.3 is 14.8 Å². The van der Waals surface area contributed by atoms with Gasteiger partial charge in [0.15, 0.2) is 11.5 Å². The highest BCUT2D eigenvalue weighted by atomic mass is 19.1. The fraction of sp³-hybridized carbons (Fsp3) is 0.174. The molecule has 3 aromatic carbocycles. The average Bonchev–Trinajstić information content (AvgIpc) is 2.76. The van der Waals surface area contributed by atoms with E-state index in [1.807, 2.05) is 54.6 Å². The van der Waals surface area contributed by atoms with Crippen molar-refractivity contribution in [2.75, 3.05) is 18.5 Å². The molecule has 29 heavy (non-hydrogen) atoms. The highest BCUT2D eigenvalue weighted by Crippen LogP contribution is 2.30. The number of ether oxygens (including phenoxy) is 2. The van der Waals surface area contributed by atoms with Gasteiger partial charge in [-0.25, -0.2) is 4.39 Å². The molecule has 3 aromatic rings. The summed E-state index contributed by atoms with van der Waals surface area (Å²) in [4.78, 5) is 12.9. The van der Waals surface area contributed by atoms with Crippen LogP contribution >= 0.6 is 0 Å². The summed E-state index contributed by atoms with van der Waals surface area (Å²) in [6.07, 6.45) is -0.227. The average molecular weight is 392 g/mol. The largest absolute Gasteiger partial charge is 0.486 e. The Kier molecular flexibility index (Phi) is 5.72. The van der Waals surface area contributed by atoms with E-state index in [-0.39, 0.29) is 17.8 Å². The zero-order chi connectivity index (χ0) is 20.1. The first-order valence-electron chi connectivity index (χ1n) is 9.42. The van der Waals surface area contributed by atoms with Gasteiger partial charge in [-0.1, -0.05) is 42.5 Å². The van der Waals surface area contributed by atoms with Crippen molar-refractivity contribution in [3.63, 3.8) is 0 Å². The standard InChI is InChI=1S/C23H21FN2O3/c24-17-10-12-18(13-11-17)26-23(27)22(16-6-2-1-3-7-16)25-14-19-15-28-20-8-4-5-9-21(20)29-19/h1-13,19,22,25H,14-15H2,(H,26,27)/t19-,22+/m0/s1. The molecule has 5 nitrogen and oxygen atoms in total. The predicted molar refractivity (Wildman–Crippen MR) is 109 cm³/mol. The van der Waals surface area contributed by atoms with E-state index < -0.39 is 6.04 Å². The van der Waals surface area contributed by atoms with Crippen LogP contribution in [-0.4, -0.2) is 25.2 Å². The number of fused-ring (bicyclic) bond motifs is 1. The number of nitrogens with one attached hydrogen (secondary N) is 2. The van der Waals surface area contributed by atoms with Gasteiger partial charge in [-0.2, -0.15) is 0 Å². The number of hydrogen-bond acceptors (Lipinski definition) is 4. The third kappa shape index (κ3) is 4.73. The predicted octanol–water partition coefficient (Wildman–Crippen LogP) is 3.94. The Hall–Kier alpha value is -3.38. The summed E-state index contributed by atoms with van der Waals surface area (Å²) in [5, 5.41) is 6.11. The van der Waals surface area contributed by atoms with Crippen molar-refractivity contribution in [3.05, 3.63) is 90.2 Å². The normalized spacial score (nSPS) is 16.1. The number of amides is 1. The van der Waals surface area contributed by atoms with E-state index in [4.69, 9.17) is 9.47 Å². The highest BCUT2D eigenvalue weighted by molar-refractivity contribution is 5.95. The number of benzene rings is 3. The number of halogens is 1. The summed E-state index contributed by atoms with van der Waals surface area (Å²) in [6, 6.07) is 22.0. The summed E-state index contributed by atoms with van der Waals surface area (Å²) in [7, 11) is 0. The minimum Gasteiger partial charge on any atom is -0.486 e. The van der Waals surface area contributed by atoms with Crippen molar-refractivity contribution in [2.24, 2.45) is 0 Å². The van der Waals surface area contributed by atoms with Crippen LogP contribution in [0.25, 0.3) is 0 Å². The molecule has 0 spiro atoms. The minimum absolute atomic E-state index is 0.227. The van der Waals surface area contributed by atoms with Gasteiger partial charge >= 0.3 is 0 Å². The van der Waals surface area contributed by atoms with Crippen LogP contribution in [0.3, 0.4) is 0 Å². The minimum atomic E-state index is -0.595. The maximum absolute atomic E-state index is 13.1. The van der Waals surface area contributed by atoms with Crippen molar-refractivity contribution < 1.29 is 18.7 Å². The van der Waals surface area contributed by atoms with Crippen molar-refractivity contribution in [1.82, 2.24) is 5.32 Å². The molecule has 0 radical (unpaired) electrons. The SMILES string of the molecule is O=C(Nc1ccc(F)cc1)[C@H](NC[C@H]1COc2ccccc2O1)c1ccccc1. The van der Waals surface area contributed by atoms with Crippen LogP contribution in [0.2, 0.25) is 0 Å². The van der Waals surface area contributed by atoms with Crippen molar-refractivity contribution >= 4 is 11.6 Å². The number of para-hydroxylation sites is 2. The van der Waals surface area contributed by atoms with E-state index in [1.165, 1.54) is 24.3 Å². The maximum atomic E-state index is 13.1. The molecular weight excluding hydrogens is 371 g/mol. The van der Waals surface area contributed by atoms with Crippen LogP contribution in [0.15, 0.2) is 78.9 Å². The molecule has 1 aliphatic heterocycles. The lowest BCUT2D eigenvalue weighted by molar-refractivity contribution is -0.118. The van der Waals surface area contributed by atoms with Gasteiger partial charge in [-0.3, -0.25) is 10.1 Å². The Morgan fingerprint density at radius 2 is 1.66 bits per heavy atom. The molecule has 148 valence electrons. The molecule has 1 heterocycles. The first-order chi connectivity index (χ1) is 14.2. The lowest BCUT2D eigenvalue weighted by atomic mass is 10.1. The Balaban J connectivity index is 1.45. The van der Waals surface area contributed by atoms with Crippen molar-refractivity contribution in [1.29, 1.82) is 0 Å². The molecule has 0 saturated carbocycles. The van der Waals surface area contributed by atoms with Crippen LogP contribution in [0.4, 0.5) is 10.1 Å². The number of hydrogen-bond donors (Lipinski definition) is 2. The summed E-state index contributed by atoms with van der Waals surface area (Å²) in [5.41, 5.74) is 1.36. The van der Waals surface area contributed by atoms with Crippen molar-refractivity contribution in [3.8, 4) is 11.5 Å². The Labute approximate surface area is 168 Å². The van der Waals surface area contributed by atoms with E-state index in [0.29, 0.717) is 24.6 Å². The van der Waals surface area contributed by atoms with E-state index in [9.17, 15) is 9.18 Å². The molecule has 0 fully saturated rings. The van der Waals surface area contributed by atoms with Gasteiger partial charge in [0, 0.05) is 12.2 Å². The molecule has 0 aliphatic carbocycles. The zero-order valence-electron chi connectivity index (χ0n) is 15.7. The molecule has 4 rings (SSSR count). The molecule has 0 aromatic heterocycles. The van der Waals surface area contributed by atoms with Gasteiger partial charge in [-0.05, 0) is 42.0 Å². The number of carbonyl (C=O) groups is 1. The second-order valence-corrected chi connectivity index (χ2v) is 6.75. The van der Waals surface area contributed by atoms with Crippen LogP contribution in [-0.2, 0) is 4.79 Å². The molecule has 2 N–H and O–H groups in total. The van der Waals surface area contributed by atoms with Crippen molar-refractivity contribution in [2.45, 2.75) is 12.1 Å². The summed E-state index contributed by atoms with van der Waals surface area (Å²) < 4.78 is 24.8. The topological polar surface area (TPSA) is 59.6 Å². The second kappa shape index (κ2) is 8.75. The quantitative estimate of drug-likeness (QED) is 0.667. The second-order valence-electron chi connectivity index (χ2n) is 6.75. The fourth-order valence-corrected chi connectivity index (χ4v) is 3.17. The van der Waals surface area contributed by atoms with Gasteiger partial charge in [0.05, 0.1) is 0 Å².